The van der Waals surface area contributed by atoms with Crippen LogP contribution in [0.2, 0.25) is 0 Å². The minimum Gasteiger partial charge on any atom is -0.508 e. The molecule has 0 aromatic heterocycles. The minimum absolute atomic E-state index is 0.141. The Morgan fingerprint density at radius 1 is 1.44 bits per heavy atom. The molecule has 1 rings (SSSR count). The van der Waals surface area contributed by atoms with E-state index in [1.54, 1.807) is 25.1 Å². The molecule has 0 unspecified atom stereocenters. The van der Waals surface area contributed by atoms with E-state index >= 15 is 0 Å². The fourth-order valence-corrected chi connectivity index (χ4v) is 2.45. The fourth-order valence-electron chi connectivity index (χ4n) is 1.06. The van der Waals surface area contributed by atoms with Crippen LogP contribution in [-0.2, 0) is 16.1 Å². The first kappa shape index (κ1) is 13.3. The molecule has 16 heavy (non-hydrogen) atoms. The van der Waals surface area contributed by atoms with E-state index in [-0.39, 0.29) is 12.4 Å². The highest BCUT2D eigenvalue weighted by molar-refractivity contribution is 9.11. The van der Waals surface area contributed by atoms with Crippen molar-refractivity contribution in [2.45, 2.75) is 13.5 Å². The molecular formula is C11H10Br2O3. The lowest BCUT2D eigenvalue weighted by atomic mass is 10.2. The number of carbonyl (C=O) groups is 1. The molecule has 0 fully saturated rings. The van der Waals surface area contributed by atoms with Crippen LogP contribution in [0.3, 0.4) is 0 Å². The first-order valence-corrected chi connectivity index (χ1v) is 6.09. The van der Waals surface area contributed by atoms with Crippen LogP contribution in [0.15, 0.2) is 33.2 Å². The standard InChI is InChI=1S/C11H10Br2O3/c1-2-3-11(15)16-6-8-9(12)4-7(14)5-10(8)13/h2-5,14H,6H2,1H3. The van der Waals surface area contributed by atoms with Crippen LogP contribution in [-0.4, -0.2) is 11.1 Å². The van der Waals surface area contributed by atoms with Gasteiger partial charge in [0.25, 0.3) is 0 Å². The van der Waals surface area contributed by atoms with E-state index in [4.69, 9.17) is 4.74 Å². The number of hydrogen-bond donors (Lipinski definition) is 1. The molecule has 0 bridgehead atoms. The second-order valence-corrected chi connectivity index (χ2v) is 4.70. The number of halogens is 2. The molecule has 5 heteroatoms. The highest BCUT2D eigenvalue weighted by Crippen LogP contribution is 2.30. The summed E-state index contributed by atoms with van der Waals surface area (Å²) in [5.41, 5.74) is 0.774. The van der Waals surface area contributed by atoms with Gasteiger partial charge < -0.3 is 9.84 Å². The predicted molar refractivity (Wildman–Crippen MR) is 68.1 cm³/mol. The third-order valence-electron chi connectivity index (χ3n) is 1.79. The van der Waals surface area contributed by atoms with E-state index in [1.807, 2.05) is 0 Å². The Balaban J connectivity index is 2.78. The molecule has 0 radical (unpaired) electrons. The average Bonchev–Trinajstić information content (AvgIpc) is 2.16. The van der Waals surface area contributed by atoms with Crippen molar-refractivity contribution in [3.8, 4) is 5.75 Å². The number of esters is 1. The van der Waals surface area contributed by atoms with Crippen molar-refractivity contribution in [2.75, 3.05) is 0 Å². The van der Waals surface area contributed by atoms with Gasteiger partial charge >= 0.3 is 5.97 Å². The number of aromatic hydroxyl groups is 1. The van der Waals surface area contributed by atoms with Crippen molar-refractivity contribution in [1.82, 2.24) is 0 Å². The Hall–Kier alpha value is -0.810. The first-order chi connectivity index (χ1) is 7.54. The summed E-state index contributed by atoms with van der Waals surface area (Å²) in [6.07, 6.45) is 2.96. The summed E-state index contributed by atoms with van der Waals surface area (Å²) in [6, 6.07) is 3.09. The maximum absolute atomic E-state index is 11.1. The van der Waals surface area contributed by atoms with Crippen LogP contribution < -0.4 is 0 Å². The first-order valence-electron chi connectivity index (χ1n) is 4.51. The topological polar surface area (TPSA) is 46.5 Å². The molecule has 3 nitrogen and oxygen atoms in total. The molecule has 0 aliphatic carbocycles. The SMILES string of the molecule is CC=CC(=O)OCc1c(Br)cc(O)cc1Br. The van der Waals surface area contributed by atoms with Crippen LogP contribution in [0.1, 0.15) is 12.5 Å². The summed E-state index contributed by atoms with van der Waals surface area (Å²) < 4.78 is 6.38. The van der Waals surface area contributed by atoms with Crippen molar-refractivity contribution in [1.29, 1.82) is 0 Å². The van der Waals surface area contributed by atoms with Gasteiger partial charge in [-0.15, -0.1) is 0 Å². The Morgan fingerprint density at radius 2 is 2.00 bits per heavy atom. The molecule has 0 saturated carbocycles. The van der Waals surface area contributed by atoms with Crippen LogP contribution in [0.4, 0.5) is 0 Å². The van der Waals surface area contributed by atoms with Crippen molar-refractivity contribution in [3.05, 3.63) is 38.8 Å². The number of allylic oxidation sites excluding steroid dienone is 1. The third-order valence-corrected chi connectivity index (χ3v) is 3.20. The van der Waals surface area contributed by atoms with E-state index in [1.165, 1.54) is 6.08 Å². The normalized spacial score (nSPS) is 10.7. The molecule has 0 atom stereocenters. The molecule has 1 N–H and O–H groups in total. The lowest BCUT2D eigenvalue weighted by molar-refractivity contribution is -0.139. The Morgan fingerprint density at radius 3 is 2.50 bits per heavy atom. The van der Waals surface area contributed by atoms with E-state index in [0.717, 1.165) is 5.56 Å². The number of carbonyl (C=O) groups excluding carboxylic acids is 1. The van der Waals surface area contributed by atoms with Gasteiger partial charge in [-0.3, -0.25) is 0 Å². The molecule has 0 amide bonds. The molecular weight excluding hydrogens is 340 g/mol. The second-order valence-electron chi connectivity index (χ2n) is 3.00. The van der Waals surface area contributed by atoms with Gasteiger partial charge in [-0.2, -0.15) is 0 Å². The van der Waals surface area contributed by atoms with Crippen molar-refractivity contribution in [2.24, 2.45) is 0 Å². The van der Waals surface area contributed by atoms with Gasteiger partial charge in [0, 0.05) is 20.6 Å². The van der Waals surface area contributed by atoms with Gasteiger partial charge in [0.05, 0.1) is 0 Å². The molecule has 0 aliphatic rings. The monoisotopic (exact) mass is 348 g/mol. The smallest absolute Gasteiger partial charge is 0.330 e. The molecule has 1 aromatic rings. The Bertz CT molecular complexity index is 404. The van der Waals surface area contributed by atoms with Crippen molar-refractivity contribution >= 4 is 37.8 Å². The lowest BCUT2D eigenvalue weighted by Crippen LogP contribution is -2.01. The zero-order valence-corrected chi connectivity index (χ0v) is 11.7. The van der Waals surface area contributed by atoms with Gasteiger partial charge in [0.2, 0.25) is 0 Å². The predicted octanol–water partition coefficient (Wildman–Crippen LogP) is 3.54. The number of rotatable bonds is 3. The number of phenolic OH excluding ortho intramolecular Hbond substituents is 1. The summed E-state index contributed by atoms with van der Waals surface area (Å²) >= 11 is 6.58. The zero-order valence-electron chi connectivity index (χ0n) is 8.54. The van der Waals surface area contributed by atoms with Crippen LogP contribution in [0.25, 0.3) is 0 Å². The molecule has 0 aliphatic heterocycles. The molecule has 86 valence electrons. The Kier molecular flexibility index (Phi) is 5.02. The summed E-state index contributed by atoms with van der Waals surface area (Å²) in [5, 5.41) is 9.30. The Labute approximate surface area is 110 Å². The third kappa shape index (κ3) is 3.64. The summed E-state index contributed by atoms with van der Waals surface area (Å²) in [4.78, 5) is 11.1. The lowest BCUT2D eigenvalue weighted by Gasteiger charge is -2.08. The van der Waals surface area contributed by atoms with E-state index in [2.05, 4.69) is 31.9 Å². The summed E-state index contributed by atoms with van der Waals surface area (Å²) in [6.45, 7) is 1.89. The highest BCUT2D eigenvalue weighted by atomic mass is 79.9. The number of benzene rings is 1. The molecule has 0 saturated heterocycles. The number of ether oxygens (including phenoxy) is 1. The fraction of sp³-hybridized carbons (Fsp3) is 0.182. The van der Waals surface area contributed by atoms with Gasteiger partial charge in [0.15, 0.2) is 0 Å². The van der Waals surface area contributed by atoms with Crippen LogP contribution in [0, 0.1) is 0 Å². The molecule has 0 heterocycles. The molecule has 1 aromatic carbocycles. The largest absolute Gasteiger partial charge is 0.508 e. The zero-order chi connectivity index (χ0) is 12.1. The van der Waals surface area contributed by atoms with Gasteiger partial charge in [-0.1, -0.05) is 37.9 Å². The minimum atomic E-state index is -0.394. The van der Waals surface area contributed by atoms with Crippen molar-refractivity contribution < 1.29 is 14.6 Å². The van der Waals surface area contributed by atoms with E-state index in [9.17, 15) is 9.90 Å². The summed E-state index contributed by atoms with van der Waals surface area (Å²) in [7, 11) is 0. The van der Waals surface area contributed by atoms with E-state index in [0.29, 0.717) is 8.95 Å². The number of hydrogen-bond acceptors (Lipinski definition) is 3. The average molecular weight is 350 g/mol. The van der Waals surface area contributed by atoms with Gasteiger partial charge in [-0.05, 0) is 19.1 Å². The van der Waals surface area contributed by atoms with Crippen molar-refractivity contribution in [3.63, 3.8) is 0 Å². The van der Waals surface area contributed by atoms with Gasteiger partial charge in [-0.25, -0.2) is 4.79 Å². The second kappa shape index (κ2) is 6.06. The van der Waals surface area contributed by atoms with Crippen LogP contribution >= 0.6 is 31.9 Å². The highest BCUT2D eigenvalue weighted by Gasteiger charge is 2.09. The quantitative estimate of drug-likeness (QED) is 0.670. The maximum Gasteiger partial charge on any atom is 0.330 e. The van der Waals surface area contributed by atoms with Crippen LogP contribution in [0.5, 0.6) is 5.75 Å². The van der Waals surface area contributed by atoms with E-state index < -0.39 is 5.97 Å². The van der Waals surface area contributed by atoms with Gasteiger partial charge in [0.1, 0.15) is 12.4 Å². The molecule has 0 spiro atoms. The number of phenols is 1. The maximum atomic E-state index is 11.1. The summed E-state index contributed by atoms with van der Waals surface area (Å²) in [5.74, 6) is -0.253.